The monoisotopic (exact) mass is 561 g/mol. The van der Waals surface area contributed by atoms with Crippen LogP contribution in [-0.4, -0.2) is 4.98 Å². The van der Waals surface area contributed by atoms with Crippen LogP contribution in [0.25, 0.3) is 98.7 Å². The number of para-hydroxylation sites is 2. The van der Waals surface area contributed by atoms with Crippen molar-refractivity contribution in [2.75, 3.05) is 0 Å². The summed E-state index contributed by atoms with van der Waals surface area (Å²) in [5.74, 6) is 0. The summed E-state index contributed by atoms with van der Waals surface area (Å²) in [7, 11) is 0. The lowest BCUT2D eigenvalue weighted by atomic mass is 9.92. The fraction of sp³-hybridized carbons (Fsp3) is 0. The molecular weight excluding hydrogens is 538 g/mol. The van der Waals surface area contributed by atoms with Crippen molar-refractivity contribution in [3.05, 3.63) is 140 Å². The Balaban J connectivity index is 1.17. The van der Waals surface area contributed by atoms with Gasteiger partial charge in [-0.15, -0.1) is 0 Å². The third-order valence-corrected chi connectivity index (χ3v) is 9.09. The molecule has 3 heteroatoms. The predicted octanol–water partition coefficient (Wildman–Crippen LogP) is 11.7. The molecule has 0 atom stereocenters. The molecule has 0 aliphatic carbocycles. The van der Waals surface area contributed by atoms with Gasteiger partial charge in [-0.05, 0) is 61.6 Å². The molecule has 0 bridgehead atoms. The number of benzene rings is 7. The molecule has 0 N–H and O–H groups in total. The molecule has 0 aliphatic rings. The second-order valence-electron chi connectivity index (χ2n) is 11.5. The van der Waals surface area contributed by atoms with Crippen LogP contribution in [0, 0.1) is 0 Å². The summed E-state index contributed by atoms with van der Waals surface area (Å²) in [6.07, 6.45) is 0. The summed E-state index contributed by atoms with van der Waals surface area (Å²) in [6.45, 7) is 0. The van der Waals surface area contributed by atoms with E-state index in [-0.39, 0.29) is 0 Å². The summed E-state index contributed by atoms with van der Waals surface area (Å²) >= 11 is 0. The second kappa shape index (κ2) is 8.79. The first-order valence-electron chi connectivity index (χ1n) is 14.9. The van der Waals surface area contributed by atoms with Crippen molar-refractivity contribution in [2.45, 2.75) is 0 Å². The Kier molecular flexibility index (Phi) is 4.72. The highest BCUT2D eigenvalue weighted by atomic mass is 16.4. The molecule has 204 valence electrons. The van der Waals surface area contributed by atoms with E-state index >= 15 is 0 Å². The molecule has 3 nitrogen and oxygen atoms in total. The molecule has 0 aliphatic heterocycles. The lowest BCUT2D eigenvalue weighted by Gasteiger charge is -2.12. The minimum Gasteiger partial charge on any atom is -0.455 e. The van der Waals surface area contributed by atoms with Crippen LogP contribution in [0.15, 0.2) is 148 Å². The van der Waals surface area contributed by atoms with Crippen molar-refractivity contribution in [3.8, 4) is 22.4 Å². The third-order valence-electron chi connectivity index (χ3n) is 9.09. The third kappa shape index (κ3) is 3.24. The van der Waals surface area contributed by atoms with E-state index < -0.39 is 0 Å². The van der Waals surface area contributed by atoms with Crippen molar-refractivity contribution in [1.29, 1.82) is 0 Å². The molecule has 0 saturated carbocycles. The van der Waals surface area contributed by atoms with Gasteiger partial charge in [-0.2, -0.15) is 0 Å². The quantitative estimate of drug-likeness (QED) is 0.197. The van der Waals surface area contributed by atoms with Gasteiger partial charge in [0.05, 0.1) is 16.5 Å². The molecule has 10 aromatic rings. The maximum Gasteiger partial charge on any atom is 0.231 e. The summed E-state index contributed by atoms with van der Waals surface area (Å²) in [5, 5.41) is 11.7. The van der Waals surface area contributed by atoms with Crippen LogP contribution < -0.4 is 0 Å². The standard InChI is InChI=1S/C41H23NO2/c1-2-11-29-27(9-1)28-10-3-4-12-30(28)34-23-26(21-22-31(29)34)24-17-19-25(20-18-24)39-37-32-13-5-7-15-35(32)43-40(37)38-33-14-6-8-16-36(33)44-41(38)42-39/h1-23H. The van der Waals surface area contributed by atoms with Crippen LogP contribution in [0.5, 0.6) is 0 Å². The maximum absolute atomic E-state index is 6.49. The molecule has 3 aromatic heterocycles. The van der Waals surface area contributed by atoms with Crippen molar-refractivity contribution in [1.82, 2.24) is 4.98 Å². The zero-order chi connectivity index (χ0) is 28.8. The van der Waals surface area contributed by atoms with E-state index in [1.807, 2.05) is 30.3 Å². The van der Waals surface area contributed by atoms with Crippen molar-refractivity contribution < 1.29 is 8.83 Å². The fourth-order valence-electron chi connectivity index (χ4n) is 7.06. The molecule has 0 radical (unpaired) electrons. The zero-order valence-electron chi connectivity index (χ0n) is 23.5. The number of aromatic nitrogens is 1. The van der Waals surface area contributed by atoms with Gasteiger partial charge in [-0.25, -0.2) is 4.98 Å². The van der Waals surface area contributed by atoms with Crippen molar-refractivity contribution >= 4 is 76.3 Å². The van der Waals surface area contributed by atoms with Crippen molar-refractivity contribution in [2.24, 2.45) is 0 Å². The lowest BCUT2D eigenvalue weighted by Crippen LogP contribution is -1.88. The first-order chi connectivity index (χ1) is 21.8. The van der Waals surface area contributed by atoms with Crippen LogP contribution in [0.2, 0.25) is 0 Å². The number of nitrogens with zero attached hydrogens (tertiary/aromatic N) is 1. The normalized spacial score (nSPS) is 12.1. The lowest BCUT2D eigenvalue weighted by molar-refractivity contribution is 0.651. The number of pyridine rings is 1. The fourth-order valence-corrected chi connectivity index (χ4v) is 7.06. The average molecular weight is 562 g/mol. The molecular formula is C41H23NO2. The number of hydrogen-bond donors (Lipinski definition) is 0. The van der Waals surface area contributed by atoms with E-state index in [0.717, 1.165) is 55.1 Å². The highest BCUT2D eigenvalue weighted by molar-refractivity contribution is 6.26. The molecule has 0 amide bonds. The average Bonchev–Trinajstić information content (AvgIpc) is 3.66. The molecule has 44 heavy (non-hydrogen) atoms. The second-order valence-corrected chi connectivity index (χ2v) is 11.5. The van der Waals surface area contributed by atoms with Crippen LogP contribution in [-0.2, 0) is 0 Å². The van der Waals surface area contributed by atoms with E-state index in [9.17, 15) is 0 Å². The maximum atomic E-state index is 6.49. The van der Waals surface area contributed by atoms with Gasteiger partial charge in [0.25, 0.3) is 0 Å². The molecule has 0 spiro atoms. The van der Waals surface area contributed by atoms with Gasteiger partial charge >= 0.3 is 0 Å². The molecule has 0 unspecified atom stereocenters. The summed E-state index contributed by atoms with van der Waals surface area (Å²) < 4.78 is 12.7. The van der Waals surface area contributed by atoms with Gasteiger partial charge in [0, 0.05) is 16.3 Å². The first kappa shape index (κ1) is 23.6. The van der Waals surface area contributed by atoms with Crippen LogP contribution >= 0.6 is 0 Å². The van der Waals surface area contributed by atoms with Gasteiger partial charge in [-0.3, -0.25) is 0 Å². The zero-order valence-corrected chi connectivity index (χ0v) is 23.5. The predicted molar refractivity (Wildman–Crippen MR) is 182 cm³/mol. The van der Waals surface area contributed by atoms with Gasteiger partial charge in [-0.1, -0.05) is 121 Å². The Hall–Kier alpha value is -5.93. The largest absolute Gasteiger partial charge is 0.455 e. The van der Waals surface area contributed by atoms with Gasteiger partial charge < -0.3 is 8.83 Å². The molecule has 10 rings (SSSR count). The molecule has 0 saturated heterocycles. The van der Waals surface area contributed by atoms with E-state index in [2.05, 4.69) is 109 Å². The van der Waals surface area contributed by atoms with Crippen LogP contribution in [0.3, 0.4) is 0 Å². The summed E-state index contributed by atoms with van der Waals surface area (Å²) in [4.78, 5) is 5.11. The molecule has 7 aromatic carbocycles. The van der Waals surface area contributed by atoms with E-state index in [0.29, 0.717) is 5.71 Å². The highest BCUT2D eigenvalue weighted by Crippen LogP contribution is 2.43. The van der Waals surface area contributed by atoms with Crippen LogP contribution in [0.4, 0.5) is 0 Å². The van der Waals surface area contributed by atoms with Gasteiger partial charge in [0.1, 0.15) is 11.2 Å². The highest BCUT2D eigenvalue weighted by Gasteiger charge is 2.22. The molecule has 3 heterocycles. The van der Waals surface area contributed by atoms with Crippen LogP contribution in [0.1, 0.15) is 0 Å². The Bertz CT molecular complexity index is 2730. The Morgan fingerprint density at radius 3 is 1.50 bits per heavy atom. The van der Waals surface area contributed by atoms with Crippen molar-refractivity contribution in [3.63, 3.8) is 0 Å². The van der Waals surface area contributed by atoms with Gasteiger partial charge in [0.2, 0.25) is 5.71 Å². The Labute approximate surface area is 251 Å². The number of furan rings is 2. The van der Waals surface area contributed by atoms with E-state index in [1.54, 1.807) is 0 Å². The SMILES string of the molecule is c1ccc2c(c1)oc1c2c(-c2ccc(-c3ccc4c5ccccc5c5ccccc5c4c3)cc2)nc2oc3ccccc3c21. The number of fused-ring (bicyclic) bond motifs is 13. The smallest absolute Gasteiger partial charge is 0.231 e. The Morgan fingerprint density at radius 2 is 0.841 bits per heavy atom. The molecule has 0 fully saturated rings. The first-order valence-corrected chi connectivity index (χ1v) is 14.9. The summed E-state index contributed by atoms with van der Waals surface area (Å²) in [5.41, 5.74) is 7.27. The minimum absolute atomic E-state index is 0.588. The number of rotatable bonds is 2. The van der Waals surface area contributed by atoms with Gasteiger partial charge in [0.15, 0.2) is 5.58 Å². The summed E-state index contributed by atoms with van der Waals surface area (Å²) in [6, 6.07) is 49.2. The Morgan fingerprint density at radius 1 is 0.364 bits per heavy atom. The van der Waals surface area contributed by atoms with E-state index in [1.165, 1.54) is 37.9 Å². The topological polar surface area (TPSA) is 39.2 Å². The van der Waals surface area contributed by atoms with E-state index in [4.69, 9.17) is 13.8 Å². The number of hydrogen-bond acceptors (Lipinski definition) is 3. The minimum atomic E-state index is 0.588.